The SMILES string of the molecule is Cc1c([C@H]2CCN(CC(N)=O)C2)sc2[nH]c(-c3cc(C)c4ncnn4c3)c(C(C)C)c12. The largest absolute Gasteiger partial charge is 0.369 e. The van der Waals surface area contributed by atoms with Crippen LogP contribution in [0.5, 0.6) is 0 Å². The minimum Gasteiger partial charge on any atom is -0.369 e. The lowest BCUT2D eigenvalue weighted by Gasteiger charge is -2.14. The van der Waals surface area contributed by atoms with Gasteiger partial charge in [0, 0.05) is 34.5 Å². The highest BCUT2D eigenvalue weighted by atomic mass is 32.1. The van der Waals surface area contributed by atoms with E-state index < -0.39 is 0 Å². The Morgan fingerprint density at radius 1 is 1.39 bits per heavy atom. The third-order valence-corrected chi connectivity index (χ3v) is 7.78. The third kappa shape index (κ3) is 3.34. The summed E-state index contributed by atoms with van der Waals surface area (Å²) in [5.74, 6) is 0.593. The number of primary amides is 1. The van der Waals surface area contributed by atoms with Crippen molar-refractivity contribution in [3.63, 3.8) is 0 Å². The number of hydrogen-bond acceptors (Lipinski definition) is 5. The van der Waals surface area contributed by atoms with E-state index >= 15 is 0 Å². The number of aromatic amines is 1. The number of carbonyl (C=O) groups excluding carboxylic acids is 1. The van der Waals surface area contributed by atoms with E-state index in [0.717, 1.165) is 36.3 Å². The first-order chi connectivity index (χ1) is 14.8. The molecular formula is C23H28N6OS. The fourth-order valence-corrected chi connectivity index (χ4v) is 6.44. The fraction of sp³-hybridized carbons (Fsp3) is 0.435. The van der Waals surface area contributed by atoms with E-state index in [2.05, 4.69) is 59.9 Å². The van der Waals surface area contributed by atoms with Crippen molar-refractivity contribution in [1.29, 1.82) is 0 Å². The molecule has 3 N–H and O–H groups in total. The van der Waals surface area contributed by atoms with Crippen LogP contribution in [0.25, 0.3) is 27.1 Å². The Labute approximate surface area is 185 Å². The molecule has 0 radical (unpaired) electrons. The smallest absolute Gasteiger partial charge is 0.231 e. The molecule has 0 spiro atoms. The average molecular weight is 437 g/mol. The highest BCUT2D eigenvalue weighted by Gasteiger charge is 2.30. The van der Waals surface area contributed by atoms with Crippen LogP contribution in [-0.2, 0) is 4.79 Å². The Hall–Kier alpha value is -2.71. The molecule has 4 aromatic rings. The lowest BCUT2D eigenvalue weighted by Crippen LogP contribution is -2.31. The summed E-state index contributed by atoms with van der Waals surface area (Å²) in [6.45, 7) is 11.0. The molecule has 1 atom stereocenters. The molecule has 0 unspecified atom stereocenters. The van der Waals surface area contributed by atoms with Crippen LogP contribution >= 0.6 is 11.3 Å². The number of rotatable bonds is 5. The normalized spacial score (nSPS) is 17.5. The Balaban J connectivity index is 1.59. The molecule has 7 nitrogen and oxygen atoms in total. The summed E-state index contributed by atoms with van der Waals surface area (Å²) in [6, 6.07) is 2.19. The maximum Gasteiger partial charge on any atom is 0.231 e. The van der Waals surface area contributed by atoms with Gasteiger partial charge in [-0.3, -0.25) is 9.69 Å². The number of aryl methyl sites for hydroxylation is 2. The molecule has 8 heteroatoms. The Kier molecular flexibility index (Phi) is 4.86. The summed E-state index contributed by atoms with van der Waals surface area (Å²) in [5, 5.41) is 5.71. The molecule has 4 aromatic heterocycles. The topological polar surface area (TPSA) is 92.3 Å². The number of fused-ring (bicyclic) bond motifs is 2. The van der Waals surface area contributed by atoms with Crippen LogP contribution in [0.2, 0.25) is 0 Å². The molecule has 1 fully saturated rings. The van der Waals surface area contributed by atoms with Crippen molar-refractivity contribution in [2.75, 3.05) is 19.6 Å². The molecule has 1 aliphatic heterocycles. The number of aromatic nitrogens is 4. The molecular weight excluding hydrogens is 408 g/mol. The predicted octanol–water partition coefficient (Wildman–Crippen LogP) is 3.95. The number of nitrogens with one attached hydrogen (secondary N) is 1. The Morgan fingerprint density at radius 3 is 2.94 bits per heavy atom. The first-order valence-corrected chi connectivity index (χ1v) is 11.6. The first-order valence-electron chi connectivity index (χ1n) is 10.8. The number of carbonyl (C=O) groups is 1. The van der Waals surface area contributed by atoms with Gasteiger partial charge in [0.15, 0.2) is 5.65 Å². The van der Waals surface area contributed by atoms with E-state index in [1.54, 1.807) is 6.33 Å². The molecule has 1 amide bonds. The van der Waals surface area contributed by atoms with Gasteiger partial charge < -0.3 is 10.7 Å². The molecule has 1 saturated heterocycles. The van der Waals surface area contributed by atoms with Crippen LogP contribution in [0.1, 0.15) is 53.7 Å². The van der Waals surface area contributed by atoms with Gasteiger partial charge in [-0.15, -0.1) is 11.3 Å². The maximum absolute atomic E-state index is 11.3. The summed E-state index contributed by atoms with van der Waals surface area (Å²) >= 11 is 1.87. The molecule has 0 aromatic carbocycles. The van der Waals surface area contributed by atoms with Gasteiger partial charge in [-0.05, 0) is 55.5 Å². The summed E-state index contributed by atoms with van der Waals surface area (Å²) in [7, 11) is 0. The van der Waals surface area contributed by atoms with E-state index in [1.165, 1.54) is 31.9 Å². The van der Waals surface area contributed by atoms with Crippen molar-refractivity contribution in [2.45, 2.75) is 46.0 Å². The van der Waals surface area contributed by atoms with Gasteiger partial charge in [0.05, 0.1) is 12.2 Å². The third-order valence-electron chi connectivity index (χ3n) is 6.41. The summed E-state index contributed by atoms with van der Waals surface area (Å²) < 4.78 is 1.86. The van der Waals surface area contributed by atoms with Crippen molar-refractivity contribution in [3.05, 3.63) is 40.2 Å². The van der Waals surface area contributed by atoms with Crippen LogP contribution in [-0.4, -0.2) is 50.0 Å². The Morgan fingerprint density at radius 2 is 2.19 bits per heavy atom. The maximum atomic E-state index is 11.3. The van der Waals surface area contributed by atoms with E-state index in [1.807, 2.05) is 15.9 Å². The van der Waals surface area contributed by atoms with Gasteiger partial charge >= 0.3 is 0 Å². The quantitative estimate of drug-likeness (QED) is 0.495. The molecule has 162 valence electrons. The van der Waals surface area contributed by atoms with Crippen LogP contribution in [0.4, 0.5) is 0 Å². The van der Waals surface area contributed by atoms with E-state index in [4.69, 9.17) is 5.73 Å². The van der Waals surface area contributed by atoms with Crippen LogP contribution < -0.4 is 5.73 Å². The number of amides is 1. The standard InChI is InChI=1S/C23H28N6OS/c1-12(2)18-19-14(4)21(15-5-6-28(8-15)10-17(24)30)31-23(19)27-20(18)16-7-13(3)22-25-11-26-29(22)9-16/h7,9,11-12,15,27H,5-6,8,10H2,1-4H3,(H2,24,30)/t15-/m0/s1. The summed E-state index contributed by atoms with van der Waals surface area (Å²) in [5.41, 5.74) is 12.4. The van der Waals surface area contributed by atoms with Crippen molar-refractivity contribution in [1.82, 2.24) is 24.5 Å². The van der Waals surface area contributed by atoms with Crippen LogP contribution in [0, 0.1) is 13.8 Å². The van der Waals surface area contributed by atoms with Gasteiger partial charge in [0.2, 0.25) is 5.91 Å². The van der Waals surface area contributed by atoms with E-state index in [0.29, 0.717) is 18.4 Å². The zero-order chi connectivity index (χ0) is 21.9. The number of hydrogen-bond donors (Lipinski definition) is 2. The zero-order valence-corrected chi connectivity index (χ0v) is 19.2. The zero-order valence-electron chi connectivity index (χ0n) is 18.4. The van der Waals surface area contributed by atoms with Crippen molar-refractivity contribution >= 4 is 33.1 Å². The van der Waals surface area contributed by atoms with Gasteiger partial charge in [0.25, 0.3) is 0 Å². The molecule has 1 aliphatic rings. The monoisotopic (exact) mass is 436 g/mol. The second-order valence-electron chi connectivity index (χ2n) is 8.99. The van der Waals surface area contributed by atoms with Crippen LogP contribution in [0.3, 0.4) is 0 Å². The highest BCUT2D eigenvalue weighted by Crippen LogP contribution is 2.45. The minimum absolute atomic E-state index is 0.248. The molecule has 0 saturated carbocycles. The van der Waals surface area contributed by atoms with Crippen LogP contribution in [0.15, 0.2) is 18.6 Å². The molecule has 0 bridgehead atoms. The number of thiophene rings is 1. The summed E-state index contributed by atoms with van der Waals surface area (Å²) in [6.07, 6.45) is 4.73. The average Bonchev–Trinajstić information content (AvgIpc) is 3.45. The lowest BCUT2D eigenvalue weighted by molar-refractivity contribution is -0.118. The summed E-state index contributed by atoms with van der Waals surface area (Å²) in [4.78, 5) is 24.2. The van der Waals surface area contributed by atoms with Gasteiger partial charge in [-0.2, -0.15) is 5.10 Å². The first kappa shape index (κ1) is 20.2. The van der Waals surface area contributed by atoms with Gasteiger partial charge in [-0.25, -0.2) is 9.50 Å². The molecule has 31 heavy (non-hydrogen) atoms. The van der Waals surface area contributed by atoms with Crippen molar-refractivity contribution in [3.8, 4) is 11.3 Å². The lowest BCUT2D eigenvalue weighted by atomic mass is 9.94. The molecule has 5 heterocycles. The van der Waals surface area contributed by atoms with Crippen molar-refractivity contribution < 1.29 is 4.79 Å². The number of nitrogens with two attached hydrogens (primary N) is 1. The highest BCUT2D eigenvalue weighted by molar-refractivity contribution is 7.19. The van der Waals surface area contributed by atoms with E-state index in [9.17, 15) is 4.79 Å². The molecule has 0 aliphatic carbocycles. The Bertz CT molecular complexity index is 1300. The van der Waals surface area contributed by atoms with Crippen molar-refractivity contribution in [2.24, 2.45) is 5.73 Å². The fourth-order valence-electron chi connectivity index (χ4n) is 5.08. The second kappa shape index (κ2) is 7.46. The number of H-pyrrole nitrogens is 1. The van der Waals surface area contributed by atoms with Gasteiger partial charge in [0.1, 0.15) is 11.2 Å². The molecule has 5 rings (SSSR count). The second-order valence-corrected chi connectivity index (χ2v) is 10.0. The predicted molar refractivity (Wildman–Crippen MR) is 125 cm³/mol. The number of pyridine rings is 1. The minimum atomic E-state index is -0.248. The van der Waals surface area contributed by atoms with E-state index in [-0.39, 0.29) is 5.91 Å². The van der Waals surface area contributed by atoms with Gasteiger partial charge in [-0.1, -0.05) is 13.8 Å². The number of likely N-dealkylation sites (tertiary alicyclic amines) is 1. The number of nitrogens with zero attached hydrogens (tertiary/aromatic N) is 4.